The Morgan fingerprint density at radius 3 is 2.58 bits per heavy atom. The van der Waals surface area contributed by atoms with Crippen molar-refractivity contribution in [1.82, 2.24) is 30.2 Å². The van der Waals surface area contributed by atoms with E-state index in [-0.39, 0.29) is 42.1 Å². The van der Waals surface area contributed by atoms with Gasteiger partial charge in [0.2, 0.25) is 11.8 Å². The maximum absolute atomic E-state index is 12.7. The number of para-hydroxylation sites is 1. The van der Waals surface area contributed by atoms with Gasteiger partial charge in [-0.2, -0.15) is 5.10 Å². The SMILES string of the molecule is Nc1nnc(-c2ccccc2O)cc1-n1cc(N2C[C@@H]3C[C@H](C4CCC(c5cccc6c5CCN6[C@H]5CCC(=O)NC5=O)CC4)N3C[C@H]2CO)cn1. The fourth-order valence-corrected chi connectivity index (χ4v) is 9.78. The molecule has 0 spiro atoms. The predicted octanol–water partition coefficient (Wildman–Crippen LogP) is 3.38. The highest BCUT2D eigenvalue weighted by Gasteiger charge is 2.48. The van der Waals surface area contributed by atoms with Gasteiger partial charge >= 0.3 is 0 Å². The summed E-state index contributed by atoms with van der Waals surface area (Å²) in [6.45, 7) is 2.52. The number of piperidine rings is 1. The van der Waals surface area contributed by atoms with Gasteiger partial charge in [0.15, 0.2) is 5.82 Å². The fraction of sp³-hybridized carbons (Fsp3) is 0.462. The minimum Gasteiger partial charge on any atom is -0.507 e. The average molecular weight is 704 g/mol. The van der Waals surface area contributed by atoms with Crippen LogP contribution in [0, 0.1) is 5.92 Å². The number of anilines is 3. The summed E-state index contributed by atoms with van der Waals surface area (Å²) < 4.78 is 1.69. The summed E-state index contributed by atoms with van der Waals surface area (Å²) >= 11 is 0. The van der Waals surface area contributed by atoms with Crippen LogP contribution in [-0.4, -0.2) is 97.3 Å². The van der Waals surface area contributed by atoms with Crippen LogP contribution < -0.4 is 20.9 Å². The Labute approximate surface area is 302 Å². The molecule has 3 saturated heterocycles. The van der Waals surface area contributed by atoms with E-state index < -0.39 is 0 Å². The van der Waals surface area contributed by atoms with Crippen molar-refractivity contribution in [2.45, 2.75) is 81.5 Å². The fourth-order valence-electron chi connectivity index (χ4n) is 9.78. The quantitative estimate of drug-likeness (QED) is 0.209. The lowest BCUT2D eigenvalue weighted by Gasteiger charge is -2.59. The third-order valence-electron chi connectivity index (χ3n) is 12.5. The van der Waals surface area contributed by atoms with E-state index in [0.717, 1.165) is 38.2 Å². The van der Waals surface area contributed by atoms with Gasteiger partial charge in [-0.25, -0.2) is 4.68 Å². The largest absolute Gasteiger partial charge is 0.507 e. The molecule has 13 heteroatoms. The number of fused-ring (bicyclic) bond motifs is 2. The van der Waals surface area contributed by atoms with E-state index >= 15 is 0 Å². The summed E-state index contributed by atoms with van der Waals surface area (Å²) in [5.41, 5.74) is 12.8. The zero-order valence-electron chi connectivity index (χ0n) is 29.1. The van der Waals surface area contributed by atoms with Crippen LogP contribution in [0.25, 0.3) is 16.9 Å². The molecule has 4 atom stereocenters. The molecule has 5 aliphatic rings. The Morgan fingerprint density at radius 1 is 0.923 bits per heavy atom. The zero-order chi connectivity index (χ0) is 35.5. The number of hydrogen-bond donors (Lipinski definition) is 4. The molecule has 0 radical (unpaired) electrons. The third-order valence-corrected chi connectivity index (χ3v) is 12.5. The number of nitrogens with one attached hydrogen (secondary N) is 1. The number of carbonyl (C=O) groups is 2. The second-order valence-electron chi connectivity index (χ2n) is 15.2. The van der Waals surface area contributed by atoms with Crippen LogP contribution in [0.2, 0.25) is 0 Å². The van der Waals surface area contributed by atoms with E-state index in [1.54, 1.807) is 28.9 Å². The van der Waals surface area contributed by atoms with Crippen LogP contribution in [0.3, 0.4) is 0 Å². The number of phenolic OH excluding ortho intramolecular Hbond substituents is 1. The van der Waals surface area contributed by atoms with Crippen LogP contribution in [0.5, 0.6) is 5.75 Å². The van der Waals surface area contributed by atoms with Crippen molar-refractivity contribution in [1.29, 1.82) is 0 Å². The van der Waals surface area contributed by atoms with Crippen LogP contribution in [0.4, 0.5) is 17.2 Å². The van der Waals surface area contributed by atoms with Crippen LogP contribution in [0.15, 0.2) is 60.9 Å². The number of nitrogens with two attached hydrogens (primary N) is 1. The molecule has 270 valence electrons. The number of aromatic nitrogens is 4. The van der Waals surface area contributed by atoms with Gasteiger partial charge in [0, 0.05) is 49.4 Å². The maximum atomic E-state index is 12.7. The molecule has 4 aromatic rings. The topological polar surface area (TPSA) is 166 Å². The number of nitrogen functional groups attached to an aromatic ring is 1. The molecule has 9 rings (SSSR count). The number of aliphatic hydroxyl groups is 1. The molecule has 13 nitrogen and oxygen atoms in total. The number of aliphatic hydroxyl groups excluding tert-OH is 1. The molecule has 0 unspecified atom stereocenters. The number of phenols is 1. The minimum atomic E-state index is -0.266. The molecule has 2 aromatic carbocycles. The lowest BCUT2D eigenvalue weighted by molar-refractivity contribution is -0.134. The summed E-state index contributed by atoms with van der Waals surface area (Å²) in [4.78, 5) is 31.6. The van der Waals surface area contributed by atoms with Crippen LogP contribution in [-0.2, 0) is 16.0 Å². The first-order chi connectivity index (χ1) is 25.4. The van der Waals surface area contributed by atoms with Crippen molar-refractivity contribution in [3.8, 4) is 22.7 Å². The van der Waals surface area contributed by atoms with Crippen molar-refractivity contribution in [2.24, 2.45) is 5.92 Å². The number of amides is 2. The van der Waals surface area contributed by atoms with Crippen LogP contribution in [0.1, 0.15) is 62.0 Å². The molecule has 2 aromatic heterocycles. The number of imide groups is 1. The first-order valence-electron chi connectivity index (χ1n) is 18.7. The van der Waals surface area contributed by atoms with Crippen molar-refractivity contribution in [3.05, 3.63) is 72.1 Å². The lowest BCUT2D eigenvalue weighted by atomic mass is 9.70. The Bertz CT molecular complexity index is 2010. The van der Waals surface area contributed by atoms with E-state index in [1.807, 2.05) is 18.5 Å². The Hall–Kier alpha value is -5.01. The van der Waals surface area contributed by atoms with Crippen LogP contribution >= 0.6 is 0 Å². The first kappa shape index (κ1) is 32.9. The van der Waals surface area contributed by atoms with Gasteiger partial charge < -0.3 is 25.7 Å². The smallest absolute Gasteiger partial charge is 0.249 e. The molecular weight excluding hydrogens is 658 g/mol. The summed E-state index contributed by atoms with van der Waals surface area (Å²) in [7, 11) is 0. The highest BCUT2D eigenvalue weighted by molar-refractivity contribution is 6.02. The molecule has 0 bridgehead atoms. The van der Waals surface area contributed by atoms with Crippen molar-refractivity contribution in [2.75, 3.05) is 41.8 Å². The molecule has 1 saturated carbocycles. The van der Waals surface area contributed by atoms with Gasteiger partial charge in [0.1, 0.15) is 17.5 Å². The minimum absolute atomic E-state index is 0.0444. The predicted molar refractivity (Wildman–Crippen MR) is 196 cm³/mol. The molecule has 52 heavy (non-hydrogen) atoms. The standard InChI is InChI=1S/C39H45N9O4/c40-38-35(17-31(43-44-38)30-4-1-2-7-36(30)50)48-21-26(18-41-48)46-19-25-16-34(47(25)20-27(46)22-49)24-10-8-23(9-11-24)28-5-3-6-32-29(28)14-15-45(32)33-12-13-37(51)42-39(33)52/h1-7,17-18,21,23-25,27,33-34,49-50H,8-16,19-20,22H2,(H2,40,44)(H,42,51,52)/t23?,24?,25-,27-,33-,34+/m0/s1. The van der Waals surface area contributed by atoms with E-state index in [4.69, 9.17) is 5.73 Å². The summed E-state index contributed by atoms with van der Waals surface area (Å²) in [5.74, 6) is 1.20. The number of aromatic hydroxyl groups is 1. The molecule has 6 heterocycles. The molecule has 5 N–H and O–H groups in total. The Morgan fingerprint density at radius 2 is 1.77 bits per heavy atom. The molecule has 4 fully saturated rings. The molecular formula is C39H45N9O4. The number of rotatable bonds is 7. The van der Waals surface area contributed by atoms with Crippen molar-refractivity contribution < 1.29 is 19.8 Å². The number of piperazine rings is 1. The van der Waals surface area contributed by atoms with Gasteiger partial charge in [-0.1, -0.05) is 24.3 Å². The number of benzene rings is 2. The number of nitrogens with zero attached hydrogens (tertiary/aromatic N) is 7. The Balaban J connectivity index is 0.841. The van der Waals surface area contributed by atoms with E-state index in [9.17, 15) is 19.8 Å². The monoisotopic (exact) mass is 703 g/mol. The third kappa shape index (κ3) is 5.66. The highest BCUT2D eigenvalue weighted by atomic mass is 16.3. The van der Waals surface area contributed by atoms with E-state index in [0.29, 0.717) is 53.7 Å². The second kappa shape index (κ2) is 13.2. The van der Waals surface area contributed by atoms with Gasteiger partial charge in [0.25, 0.3) is 0 Å². The Kier molecular flexibility index (Phi) is 8.34. The summed E-state index contributed by atoms with van der Waals surface area (Å²) in [5, 5.41) is 36.4. The maximum Gasteiger partial charge on any atom is 0.249 e. The molecule has 2 amide bonds. The number of carbonyl (C=O) groups excluding carboxylic acids is 2. The van der Waals surface area contributed by atoms with Gasteiger partial charge in [-0.15, -0.1) is 10.2 Å². The molecule has 1 aliphatic carbocycles. The van der Waals surface area contributed by atoms with E-state index in [1.165, 1.54) is 42.5 Å². The van der Waals surface area contributed by atoms with Crippen molar-refractivity contribution >= 4 is 29.0 Å². The van der Waals surface area contributed by atoms with Gasteiger partial charge in [-0.3, -0.25) is 19.8 Å². The molecule has 4 aliphatic heterocycles. The average Bonchev–Trinajstić information content (AvgIpc) is 3.81. The second-order valence-corrected chi connectivity index (χ2v) is 15.2. The van der Waals surface area contributed by atoms with E-state index in [2.05, 4.69) is 53.5 Å². The summed E-state index contributed by atoms with van der Waals surface area (Å²) in [6, 6.07) is 16.0. The van der Waals surface area contributed by atoms with Gasteiger partial charge in [-0.05, 0) is 92.2 Å². The first-order valence-corrected chi connectivity index (χ1v) is 18.7. The highest BCUT2D eigenvalue weighted by Crippen LogP contribution is 2.47. The van der Waals surface area contributed by atoms with Crippen molar-refractivity contribution in [3.63, 3.8) is 0 Å². The zero-order valence-corrected chi connectivity index (χ0v) is 29.1. The summed E-state index contributed by atoms with van der Waals surface area (Å²) in [6.07, 6.45) is 11.6. The number of hydrogen-bond acceptors (Lipinski definition) is 11. The normalized spacial score (nSPS) is 27.6. The van der Waals surface area contributed by atoms with Gasteiger partial charge in [0.05, 0.1) is 36.4 Å². The lowest BCUT2D eigenvalue weighted by Crippen LogP contribution is -2.70.